The number of hydrogen-bond acceptors (Lipinski definition) is 5. The summed E-state index contributed by atoms with van der Waals surface area (Å²) in [7, 11) is 1.67. The van der Waals surface area contributed by atoms with Gasteiger partial charge in [0.05, 0.1) is 5.75 Å². The van der Waals surface area contributed by atoms with Crippen molar-refractivity contribution in [3.8, 4) is 0 Å². The van der Waals surface area contributed by atoms with Gasteiger partial charge in [-0.15, -0.1) is 0 Å². The molecule has 0 saturated carbocycles. The van der Waals surface area contributed by atoms with Gasteiger partial charge in [-0.25, -0.2) is 0 Å². The van der Waals surface area contributed by atoms with Gasteiger partial charge in [0, 0.05) is 26.3 Å². The Bertz CT molecular complexity index is 483. The number of aryl methyl sites for hydroxylation is 1. The highest BCUT2D eigenvalue weighted by Crippen LogP contribution is 2.17. The number of nitrogens with zero attached hydrogens (tertiary/aromatic N) is 3. The SMILES string of the molecule is Cn1nccc1C(=O)NCCN1C(=O)CSC1=O. The molecule has 1 aliphatic rings. The zero-order valence-electron chi connectivity index (χ0n) is 9.75. The van der Waals surface area contributed by atoms with Gasteiger partial charge >= 0.3 is 0 Å². The van der Waals surface area contributed by atoms with Crippen LogP contribution < -0.4 is 5.32 Å². The van der Waals surface area contributed by atoms with Crippen molar-refractivity contribution >= 4 is 28.8 Å². The molecule has 0 unspecified atom stereocenters. The van der Waals surface area contributed by atoms with Crippen LogP contribution in [0.15, 0.2) is 12.3 Å². The second-order valence-corrected chi connectivity index (χ2v) is 4.62. The maximum Gasteiger partial charge on any atom is 0.288 e. The summed E-state index contributed by atoms with van der Waals surface area (Å²) in [5, 5.41) is 6.27. The van der Waals surface area contributed by atoms with Crippen LogP contribution in [0.5, 0.6) is 0 Å². The molecule has 8 heteroatoms. The maximum absolute atomic E-state index is 11.7. The third-order valence-corrected chi connectivity index (χ3v) is 3.37. The molecule has 96 valence electrons. The molecule has 0 atom stereocenters. The first-order chi connectivity index (χ1) is 8.59. The van der Waals surface area contributed by atoms with Gasteiger partial charge in [-0.3, -0.25) is 24.0 Å². The van der Waals surface area contributed by atoms with Crippen molar-refractivity contribution in [3.63, 3.8) is 0 Å². The van der Waals surface area contributed by atoms with Crippen LogP contribution in [-0.4, -0.2) is 50.6 Å². The topological polar surface area (TPSA) is 84.3 Å². The number of imide groups is 1. The quantitative estimate of drug-likeness (QED) is 0.820. The third kappa shape index (κ3) is 2.53. The van der Waals surface area contributed by atoms with E-state index in [2.05, 4.69) is 10.4 Å². The summed E-state index contributed by atoms with van der Waals surface area (Å²) in [6, 6.07) is 1.59. The monoisotopic (exact) mass is 268 g/mol. The molecular formula is C10H12N4O3S. The van der Waals surface area contributed by atoms with E-state index in [4.69, 9.17) is 0 Å². The molecule has 2 heterocycles. The summed E-state index contributed by atoms with van der Waals surface area (Å²) in [5.41, 5.74) is 0.434. The normalized spacial score (nSPS) is 15.3. The van der Waals surface area contributed by atoms with E-state index in [0.717, 1.165) is 16.7 Å². The largest absolute Gasteiger partial charge is 0.349 e. The van der Waals surface area contributed by atoms with Crippen molar-refractivity contribution in [1.82, 2.24) is 20.0 Å². The second kappa shape index (κ2) is 5.21. The summed E-state index contributed by atoms with van der Waals surface area (Å²) in [6.45, 7) is 0.441. The van der Waals surface area contributed by atoms with E-state index in [1.165, 1.54) is 10.9 Å². The van der Waals surface area contributed by atoms with E-state index in [1.54, 1.807) is 13.1 Å². The highest BCUT2D eigenvalue weighted by molar-refractivity contribution is 8.14. The molecule has 0 radical (unpaired) electrons. The molecule has 1 N–H and O–H groups in total. The van der Waals surface area contributed by atoms with Crippen LogP contribution in [0.2, 0.25) is 0 Å². The Morgan fingerprint density at radius 3 is 2.89 bits per heavy atom. The lowest BCUT2D eigenvalue weighted by molar-refractivity contribution is -0.124. The molecule has 0 aromatic carbocycles. The summed E-state index contributed by atoms with van der Waals surface area (Å²) >= 11 is 0.983. The highest BCUT2D eigenvalue weighted by Gasteiger charge is 2.29. The number of hydrogen-bond donors (Lipinski definition) is 1. The van der Waals surface area contributed by atoms with Crippen molar-refractivity contribution in [1.29, 1.82) is 0 Å². The second-order valence-electron chi connectivity index (χ2n) is 3.70. The lowest BCUT2D eigenvalue weighted by atomic mass is 10.4. The van der Waals surface area contributed by atoms with Gasteiger partial charge in [0.2, 0.25) is 5.91 Å². The predicted molar refractivity (Wildman–Crippen MR) is 65.1 cm³/mol. The molecule has 1 fully saturated rings. The van der Waals surface area contributed by atoms with Gasteiger partial charge in [0.1, 0.15) is 5.69 Å². The van der Waals surface area contributed by atoms with Gasteiger partial charge < -0.3 is 5.32 Å². The minimum absolute atomic E-state index is 0.189. The van der Waals surface area contributed by atoms with Crippen molar-refractivity contribution in [3.05, 3.63) is 18.0 Å². The lowest BCUT2D eigenvalue weighted by Crippen LogP contribution is -2.37. The Labute approximate surface area is 108 Å². The van der Waals surface area contributed by atoms with E-state index < -0.39 is 0 Å². The minimum Gasteiger partial charge on any atom is -0.349 e. The molecule has 1 aromatic heterocycles. The molecule has 1 saturated heterocycles. The first-order valence-electron chi connectivity index (χ1n) is 5.33. The summed E-state index contributed by atoms with van der Waals surface area (Å²) < 4.78 is 1.46. The van der Waals surface area contributed by atoms with Crippen LogP contribution in [0, 0.1) is 0 Å². The smallest absolute Gasteiger partial charge is 0.288 e. The van der Waals surface area contributed by atoms with Gasteiger partial charge in [0.15, 0.2) is 0 Å². The lowest BCUT2D eigenvalue weighted by Gasteiger charge is -2.13. The van der Waals surface area contributed by atoms with Gasteiger partial charge in [0.25, 0.3) is 11.1 Å². The fraction of sp³-hybridized carbons (Fsp3) is 0.400. The standard InChI is InChI=1S/C10H12N4O3S/c1-13-7(2-3-12-13)9(16)11-4-5-14-8(15)6-18-10(14)17/h2-3H,4-6H2,1H3,(H,11,16). The zero-order chi connectivity index (χ0) is 13.1. The summed E-state index contributed by atoms with van der Waals surface area (Å²) in [4.78, 5) is 35.4. The number of rotatable bonds is 4. The maximum atomic E-state index is 11.7. The van der Waals surface area contributed by atoms with Crippen LogP contribution in [-0.2, 0) is 11.8 Å². The van der Waals surface area contributed by atoms with Crippen molar-refractivity contribution < 1.29 is 14.4 Å². The predicted octanol–water partition coefficient (Wildman–Crippen LogP) is -0.155. The Morgan fingerprint density at radius 2 is 2.33 bits per heavy atom. The van der Waals surface area contributed by atoms with Crippen LogP contribution in [0.4, 0.5) is 4.79 Å². The van der Waals surface area contributed by atoms with Crippen molar-refractivity contribution in [2.45, 2.75) is 0 Å². The first-order valence-corrected chi connectivity index (χ1v) is 6.31. The fourth-order valence-corrected chi connectivity index (χ4v) is 2.32. The molecular weight excluding hydrogens is 256 g/mol. The Kier molecular flexibility index (Phi) is 3.66. The Hall–Kier alpha value is -1.83. The average molecular weight is 268 g/mol. The van der Waals surface area contributed by atoms with Crippen molar-refractivity contribution in [2.24, 2.45) is 7.05 Å². The number of aromatic nitrogens is 2. The van der Waals surface area contributed by atoms with Gasteiger partial charge in [-0.2, -0.15) is 5.10 Å². The molecule has 3 amide bonds. The first kappa shape index (κ1) is 12.6. The van der Waals surface area contributed by atoms with Gasteiger partial charge in [-0.1, -0.05) is 11.8 Å². The molecule has 0 spiro atoms. The van der Waals surface area contributed by atoms with E-state index in [9.17, 15) is 14.4 Å². The fourth-order valence-electron chi connectivity index (χ4n) is 1.57. The van der Waals surface area contributed by atoms with E-state index in [-0.39, 0.29) is 35.9 Å². The molecule has 2 rings (SSSR count). The molecule has 1 aromatic rings. The van der Waals surface area contributed by atoms with E-state index in [1.807, 2.05) is 0 Å². The van der Waals surface area contributed by atoms with Crippen LogP contribution in [0.3, 0.4) is 0 Å². The zero-order valence-corrected chi connectivity index (χ0v) is 10.6. The molecule has 7 nitrogen and oxygen atoms in total. The number of thioether (sulfide) groups is 1. The average Bonchev–Trinajstić information content (AvgIpc) is 2.89. The molecule has 1 aliphatic heterocycles. The van der Waals surface area contributed by atoms with Crippen molar-refractivity contribution in [2.75, 3.05) is 18.8 Å². The number of nitrogens with one attached hydrogen (secondary N) is 1. The Morgan fingerprint density at radius 1 is 1.56 bits per heavy atom. The summed E-state index contributed by atoms with van der Waals surface area (Å²) in [6.07, 6.45) is 1.53. The van der Waals surface area contributed by atoms with E-state index in [0.29, 0.717) is 5.69 Å². The molecule has 0 aliphatic carbocycles. The number of carbonyl (C=O) groups excluding carboxylic acids is 3. The molecule has 0 bridgehead atoms. The molecule has 18 heavy (non-hydrogen) atoms. The van der Waals surface area contributed by atoms with Crippen LogP contribution in [0.1, 0.15) is 10.5 Å². The van der Waals surface area contributed by atoms with E-state index >= 15 is 0 Å². The van der Waals surface area contributed by atoms with Gasteiger partial charge in [-0.05, 0) is 6.07 Å². The summed E-state index contributed by atoms with van der Waals surface area (Å²) in [5.74, 6) is -0.296. The minimum atomic E-state index is -0.276. The number of carbonyl (C=O) groups is 3. The number of amides is 3. The highest BCUT2D eigenvalue weighted by atomic mass is 32.2. The van der Waals surface area contributed by atoms with Crippen LogP contribution >= 0.6 is 11.8 Å². The third-order valence-electron chi connectivity index (χ3n) is 2.52. The Balaban J connectivity index is 1.82. The van der Waals surface area contributed by atoms with Crippen LogP contribution in [0.25, 0.3) is 0 Å².